The molecule has 0 aliphatic rings. The quantitative estimate of drug-likeness (QED) is 0.774. The summed E-state index contributed by atoms with van der Waals surface area (Å²) < 4.78 is 5.04. The van der Waals surface area contributed by atoms with Crippen LogP contribution in [0.4, 0.5) is 5.69 Å². The first kappa shape index (κ1) is 16.2. The van der Waals surface area contributed by atoms with Crippen LogP contribution < -0.4 is 5.32 Å². The molecule has 0 bridgehead atoms. The summed E-state index contributed by atoms with van der Waals surface area (Å²) in [5.74, 6) is -0.327. The Balaban J connectivity index is 2.58. The van der Waals surface area contributed by atoms with Crippen molar-refractivity contribution in [3.05, 3.63) is 29.8 Å². The minimum atomic E-state index is -0.330. The van der Waals surface area contributed by atoms with Crippen LogP contribution in [0.1, 0.15) is 50.4 Å². The molecule has 20 heavy (non-hydrogen) atoms. The number of esters is 1. The zero-order valence-electron chi connectivity index (χ0n) is 12.4. The molecule has 4 nitrogen and oxygen atoms in total. The van der Waals surface area contributed by atoms with Gasteiger partial charge in [0.05, 0.1) is 12.2 Å². The lowest BCUT2D eigenvalue weighted by atomic mass is 10.1. The number of benzene rings is 1. The normalized spacial score (nSPS) is 11.8. The number of hydrogen-bond donors (Lipinski definition) is 1. The summed E-state index contributed by atoms with van der Waals surface area (Å²) in [5.41, 5.74) is 1.20. The average Bonchev–Trinajstić information content (AvgIpc) is 2.45. The third-order valence-corrected chi connectivity index (χ3v) is 2.99. The number of amides is 1. The molecule has 1 aromatic rings. The van der Waals surface area contributed by atoms with E-state index in [9.17, 15) is 9.59 Å². The van der Waals surface area contributed by atoms with Gasteiger partial charge in [0.1, 0.15) is 0 Å². The van der Waals surface area contributed by atoms with Crippen molar-refractivity contribution in [1.29, 1.82) is 0 Å². The van der Waals surface area contributed by atoms with E-state index in [0.29, 0.717) is 17.9 Å². The predicted molar refractivity (Wildman–Crippen MR) is 79.7 cm³/mol. The lowest BCUT2D eigenvalue weighted by Gasteiger charge is -2.11. The number of rotatable bonds is 7. The molecule has 0 saturated carbocycles. The van der Waals surface area contributed by atoms with Crippen LogP contribution in [0.5, 0.6) is 0 Å². The van der Waals surface area contributed by atoms with Gasteiger partial charge in [-0.1, -0.05) is 27.2 Å². The summed E-state index contributed by atoms with van der Waals surface area (Å²) in [6, 6.07) is 6.77. The van der Waals surface area contributed by atoms with Gasteiger partial charge >= 0.3 is 5.97 Å². The molecule has 1 rings (SSSR count). The number of hydrogen-bond acceptors (Lipinski definition) is 3. The maximum absolute atomic E-state index is 11.9. The van der Waals surface area contributed by atoms with E-state index in [2.05, 4.69) is 12.2 Å². The Morgan fingerprint density at radius 3 is 2.35 bits per heavy atom. The van der Waals surface area contributed by atoms with E-state index in [4.69, 9.17) is 4.74 Å². The van der Waals surface area contributed by atoms with Gasteiger partial charge in [-0.25, -0.2) is 4.79 Å². The molecule has 0 spiro atoms. The van der Waals surface area contributed by atoms with E-state index in [1.165, 1.54) is 0 Å². The highest BCUT2D eigenvalue weighted by Gasteiger charge is 2.12. The molecule has 4 heteroatoms. The van der Waals surface area contributed by atoms with Gasteiger partial charge < -0.3 is 10.1 Å². The predicted octanol–water partition coefficient (Wildman–Crippen LogP) is 3.63. The minimum Gasteiger partial charge on any atom is -0.462 e. The Morgan fingerprint density at radius 1 is 1.15 bits per heavy atom. The molecule has 0 radical (unpaired) electrons. The second-order valence-corrected chi connectivity index (χ2v) is 4.89. The Kier molecular flexibility index (Phi) is 6.77. The molecule has 1 N–H and O–H groups in total. The second kappa shape index (κ2) is 8.35. The third-order valence-electron chi connectivity index (χ3n) is 2.99. The first-order valence-corrected chi connectivity index (χ1v) is 7.16. The van der Waals surface area contributed by atoms with Crippen LogP contribution in [0.25, 0.3) is 0 Å². The number of carbonyl (C=O) groups excluding carboxylic acids is 2. The molecule has 0 heterocycles. The number of carbonyl (C=O) groups is 2. The fourth-order valence-electron chi connectivity index (χ4n) is 1.80. The molecule has 0 aliphatic carbocycles. The molecule has 1 atom stereocenters. The summed E-state index contributed by atoms with van der Waals surface area (Å²) in [4.78, 5) is 23.5. The molecule has 1 amide bonds. The van der Waals surface area contributed by atoms with Crippen LogP contribution >= 0.6 is 0 Å². The summed E-state index contributed by atoms with van der Waals surface area (Å²) in [6.07, 6.45) is 2.65. The zero-order chi connectivity index (χ0) is 15.0. The highest BCUT2D eigenvalue weighted by Crippen LogP contribution is 2.13. The van der Waals surface area contributed by atoms with Gasteiger partial charge in [-0.2, -0.15) is 0 Å². The first-order chi connectivity index (χ1) is 9.58. The van der Waals surface area contributed by atoms with Gasteiger partial charge in [0, 0.05) is 11.6 Å². The topological polar surface area (TPSA) is 55.4 Å². The van der Waals surface area contributed by atoms with E-state index in [1.54, 1.807) is 24.3 Å². The van der Waals surface area contributed by atoms with Crippen molar-refractivity contribution in [2.45, 2.75) is 40.0 Å². The van der Waals surface area contributed by atoms with Gasteiger partial charge in [0.2, 0.25) is 5.91 Å². The molecule has 0 aliphatic heterocycles. The molecule has 0 fully saturated rings. The SMILES string of the molecule is CCCOC(=O)c1ccc(NC(=O)[C@H](C)CCC)cc1. The van der Waals surface area contributed by atoms with Crippen LogP contribution in [0, 0.1) is 5.92 Å². The highest BCUT2D eigenvalue weighted by atomic mass is 16.5. The number of nitrogens with one attached hydrogen (secondary N) is 1. The monoisotopic (exact) mass is 277 g/mol. The lowest BCUT2D eigenvalue weighted by molar-refractivity contribution is -0.119. The van der Waals surface area contributed by atoms with Gasteiger partial charge in [-0.05, 0) is 37.1 Å². The number of anilines is 1. The lowest BCUT2D eigenvalue weighted by Crippen LogP contribution is -2.20. The van der Waals surface area contributed by atoms with Gasteiger partial charge in [0.25, 0.3) is 0 Å². The molecule has 110 valence electrons. The van der Waals surface area contributed by atoms with Crippen LogP contribution in [-0.4, -0.2) is 18.5 Å². The molecule has 0 saturated heterocycles. The van der Waals surface area contributed by atoms with Crippen molar-refractivity contribution < 1.29 is 14.3 Å². The Labute approximate surface area is 120 Å². The summed E-state index contributed by atoms with van der Waals surface area (Å²) in [5, 5.41) is 2.84. The van der Waals surface area contributed by atoms with Crippen LogP contribution in [0.3, 0.4) is 0 Å². The Hall–Kier alpha value is -1.84. The van der Waals surface area contributed by atoms with Crippen LogP contribution in [0.15, 0.2) is 24.3 Å². The summed E-state index contributed by atoms with van der Waals surface area (Å²) >= 11 is 0. The fourth-order valence-corrected chi connectivity index (χ4v) is 1.80. The Morgan fingerprint density at radius 2 is 1.80 bits per heavy atom. The summed E-state index contributed by atoms with van der Waals surface area (Å²) in [7, 11) is 0. The van der Waals surface area contributed by atoms with E-state index < -0.39 is 0 Å². The second-order valence-electron chi connectivity index (χ2n) is 4.89. The van der Waals surface area contributed by atoms with Crippen molar-refractivity contribution in [3.8, 4) is 0 Å². The van der Waals surface area contributed by atoms with Gasteiger partial charge in [0.15, 0.2) is 0 Å². The van der Waals surface area contributed by atoms with Gasteiger partial charge in [-0.3, -0.25) is 4.79 Å². The average molecular weight is 277 g/mol. The van der Waals surface area contributed by atoms with E-state index in [0.717, 1.165) is 19.3 Å². The van der Waals surface area contributed by atoms with Crippen molar-refractivity contribution in [2.24, 2.45) is 5.92 Å². The van der Waals surface area contributed by atoms with Crippen LogP contribution in [0.2, 0.25) is 0 Å². The first-order valence-electron chi connectivity index (χ1n) is 7.16. The smallest absolute Gasteiger partial charge is 0.338 e. The fraction of sp³-hybridized carbons (Fsp3) is 0.500. The van der Waals surface area contributed by atoms with E-state index >= 15 is 0 Å². The van der Waals surface area contributed by atoms with E-state index in [1.807, 2.05) is 13.8 Å². The largest absolute Gasteiger partial charge is 0.462 e. The van der Waals surface area contributed by atoms with E-state index in [-0.39, 0.29) is 17.8 Å². The Bertz CT molecular complexity index is 440. The standard InChI is InChI=1S/C16H23NO3/c1-4-6-12(3)15(18)17-14-9-7-13(8-10-14)16(19)20-11-5-2/h7-10,12H,4-6,11H2,1-3H3,(H,17,18)/t12-/m1/s1. The highest BCUT2D eigenvalue weighted by molar-refractivity contribution is 5.94. The number of ether oxygens (including phenoxy) is 1. The van der Waals surface area contributed by atoms with Crippen molar-refractivity contribution in [1.82, 2.24) is 0 Å². The molecule has 1 aromatic carbocycles. The minimum absolute atomic E-state index is 0.00537. The molecule has 0 unspecified atom stereocenters. The van der Waals surface area contributed by atoms with Gasteiger partial charge in [-0.15, -0.1) is 0 Å². The molecular formula is C16H23NO3. The molecular weight excluding hydrogens is 254 g/mol. The van der Waals surface area contributed by atoms with Crippen LogP contribution in [-0.2, 0) is 9.53 Å². The maximum Gasteiger partial charge on any atom is 0.338 e. The van der Waals surface area contributed by atoms with Crippen molar-refractivity contribution in [3.63, 3.8) is 0 Å². The summed E-state index contributed by atoms with van der Waals surface area (Å²) in [6.45, 7) is 6.34. The third kappa shape index (κ3) is 5.03. The van der Waals surface area contributed by atoms with Crippen molar-refractivity contribution >= 4 is 17.6 Å². The zero-order valence-corrected chi connectivity index (χ0v) is 12.4. The maximum atomic E-state index is 11.9. The van der Waals surface area contributed by atoms with Crippen molar-refractivity contribution in [2.75, 3.05) is 11.9 Å². The molecule has 0 aromatic heterocycles.